The molecule has 2 N–H and O–H groups in total. The largest absolute Gasteiger partial charge is 0.497 e. The lowest BCUT2D eigenvalue weighted by molar-refractivity contribution is 0.146. The van der Waals surface area contributed by atoms with Crippen molar-refractivity contribution in [3.05, 3.63) is 54.0 Å². The van der Waals surface area contributed by atoms with Crippen LogP contribution in [-0.4, -0.2) is 45.9 Å². The number of guanidine groups is 1. The Morgan fingerprint density at radius 2 is 1.85 bits per heavy atom. The Balaban J connectivity index is 1.77. The molecule has 0 aliphatic heterocycles. The minimum atomic E-state index is 0.735. The zero-order valence-electron chi connectivity index (χ0n) is 16.4. The quantitative estimate of drug-likeness (QED) is 0.340. The highest BCUT2D eigenvalue weighted by Gasteiger charge is 2.01. The molecule has 0 radical (unpaired) electrons. The lowest BCUT2D eigenvalue weighted by Gasteiger charge is -2.12. The molecule has 0 aliphatic carbocycles. The molecule has 0 unspecified atom stereocenters. The van der Waals surface area contributed by atoms with Crippen molar-refractivity contribution >= 4 is 5.96 Å². The number of aliphatic imine (C=N–C) groups is 1. The molecule has 0 aliphatic rings. The van der Waals surface area contributed by atoms with Crippen molar-refractivity contribution < 1.29 is 13.9 Å². The summed E-state index contributed by atoms with van der Waals surface area (Å²) in [5.74, 6) is 2.67. The topological polar surface area (TPSA) is 68.0 Å². The molecule has 0 bridgehead atoms. The number of hydrogen-bond acceptors (Lipinski definition) is 4. The summed E-state index contributed by atoms with van der Waals surface area (Å²) < 4.78 is 15.9. The predicted molar refractivity (Wildman–Crippen MR) is 109 cm³/mol. The molecule has 2 rings (SSSR count). The van der Waals surface area contributed by atoms with Gasteiger partial charge in [0.05, 0.1) is 13.4 Å². The smallest absolute Gasteiger partial charge is 0.191 e. The first-order chi connectivity index (χ1) is 13.3. The van der Waals surface area contributed by atoms with Crippen LogP contribution in [0, 0.1) is 0 Å². The van der Waals surface area contributed by atoms with Gasteiger partial charge in [0.2, 0.25) is 0 Å². The van der Waals surface area contributed by atoms with Gasteiger partial charge >= 0.3 is 0 Å². The third kappa shape index (κ3) is 8.64. The predicted octanol–water partition coefficient (Wildman–Crippen LogP) is 3.04. The van der Waals surface area contributed by atoms with Gasteiger partial charge in [-0.05, 0) is 49.6 Å². The van der Waals surface area contributed by atoms with Gasteiger partial charge in [0, 0.05) is 39.3 Å². The van der Waals surface area contributed by atoms with Gasteiger partial charge in [-0.15, -0.1) is 0 Å². The van der Waals surface area contributed by atoms with Crippen molar-refractivity contribution in [1.82, 2.24) is 10.6 Å². The Bertz CT molecular complexity index is 639. The molecular formula is C21H31N3O3. The maximum atomic E-state index is 5.37. The van der Waals surface area contributed by atoms with Gasteiger partial charge in [-0.3, -0.25) is 4.99 Å². The number of hydrogen-bond donors (Lipinski definition) is 2. The first-order valence-corrected chi connectivity index (χ1v) is 9.57. The van der Waals surface area contributed by atoms with Crippen LogP contribution in [0.1, 0.15) is 24.7 Å². The molecule has 1 aromatic heterocycles. The summed E-state index contributed by atoms with van der Waals surface area (Å²) in [7, 11) is 1.68. The van der Waals surface area contributed by atoms with Crippen molar-refractivity contribution in [2.24, 2.45) is 4.99 Å². The third-order valence-electron chi connectivity index (χ3n) is 4.03. The van der Waals surface area contributed by atoms with Gasteiger partial charge in [-0.25, -0.2) is 0 Å². The first-order valence-electron chi connectivity index (χ1n) is 9.57. The van der Waals surface area contributed by atoms with E-state index in [2.05, 4.69) is 27.8 Å². The summed E-state index contributed by atoms with van der Waals surface area (Å²) in [4.78, 5) is 4.64. The molecule has 0 spiro atoms. The second-order valence-electron chi connectivity index (χ2n) is 6.06. The number of ether oxygens (including phenoxy) is 2. The number of rotatable bonds is 12. The van der Waals surface area contributed by atoms with E-state index in [9.17, 15) is 0 Å². The van der Waals surface area contributed by atoms with Crippen LogP contribution in [0.2, 0.25) is 0 Å². The standard InChI is InChI=1S/C21H31N3O3/c1-3-26-16-5-13-22-21(24-15-12-20-6-4-17-27-20)23-14-11-18-7-9-19(25-2)10-8-18/h4,6-10,17H,3,5,11-16H2,1-2H3,(H2,22,23,24). The van der Waals surface area contributed by atoms with Crippen LogP contribution in [0.25, 0.3) is 0 Å². The van der Waals surface area contributed by atoms with Crippen molar-refractivity contribution in [3.63, 3.8) is 0 Å². The second kappa shape index (κ2) is 12.8. The molecule has 6 nitrogen and oxygen atoms in total. The minimum absolute atomic E-state index is 0.735. The monoisotopic (exact) mass is 373 g/mol. The van der Waals surface area contributed by atoms with Crippen LogP contribution in [0.4, 0.5) is 0 Å². The first kappa shape index (κ1) is 20.8. The van der Waals surface area contributed by atoms with E-state index in [1.165, 1.54) is 5.56 Å². The summed E-state index contributed by atoms with van der Waals surface area (Å²) >= 11 is 0. The fourth-order valence-electron chi connectivity index (χ4n) is 2.55. The second-order valence-corrected chi connectivity index (χ2v) is 6.06. The van der Waals surface area contributed by atoms with Gasteiger partial charge in [0.1, 0.15) is 11.5 Å². The zero-order chi connectivity index (χ0) is 19.2. The van der Waals surface area contributed by atoms with E-state index < -0.39 is 0 Å². The molecule has 2 aromatic rings. The summed E-state index contributed by atoms with van der Waals surface area (Å²) in [6.45, 7) is 5.81. The van der Waals surface area contributed by atoms with Crippen molar-refractivity contribution in [2.75, 3.05) is 40.0 Å². The van der Waals surface area contributed by atoms with Gasteiger partial charge < -0.3 is 24.5 Å². The number of furan rings is 1. The van der Waals surface area contributed by atoms with Gasteiger partial charge in [-0.2, -0.15) is 0 Å². The Kier molecular flexibility index (Phi) is 9.89. The third-order valence-corrected chi connectivity index (χ3v) is 4.03. The van der Waals surface area contributed by atoms with Crippen LogP contribution >= 0.6 is 0 Å². The SMILES string of the molecule is CCOCCCN=C(NCCc1ccc(OC)cc1)NCCc1ccco1. The van der Waals surface area contributed by atoms with Gasteiger partial charge in [0.25, 0.3) is 0 Å². The molecule has 1 heterocycles. The maximum absolute atomic E-state index is 5.37. The fraction of sp³-hybridized carbons (Fsp3) is 0.476. The van der Waals surface area contributed by atoms with Crippen LogP contribution in [-0.2, 0) is 17.6 Å². The van der Waals surface area contributed by atoms with Crippen LogP contribution in [0.5, 0.6) is 5.75 Å². The van der Waals surface area contributed by atoms with Crippen LogP contribution < -0.4 is 15.4 Å². The summed E-state index contributed by atoms with van der Waals surface area (Å²) in [6, 6.07) is 12.0. The molecule has 6 heteroatoms. The van der Waals surface area contributed by atoms with E-state index in [1.54, 1.807) is 13.4 Å². The van der Waals surface area contributed by atoms with E-state index in [0.29, 0.717) is 0 Å². The van der Waals surface area contributed by atoms with E-state index in [1.807, 2.05) is 31.2 Å². The molecule has 0 amide bonds. The van der Waals surface area contributed by atoms with Crippen molar-refractivity contribution in [3.8, 4) is 5.75 Å². The van der Waals surface area contributed by atoms with E-state index in [4.69, 9.17) is 13.9 Å². The zero-order valence-corrected chi connectivity index (χ0v) is 16.4. The lowest BCUT2D eigenvalue weighted by atomic mass is 10.1. The summed E-state index contributed by atoms with van der Waals surface area (Å²) in [5, 5.41) is 6.78. The number of benzene rings is 1. The van der Waals surface area contributed by atoms with Crippen molar-refractivity contribution in [1.29, 1.82) is 0 Å². The van der Waals surface area contributed by atoms with Gasteiger partial charge in [0.15, 0.2) is 5.96 Å². The Morgan fingerprint density at radius 3 is 2.52 bits per heavy atom. The van der Waals surface area contributed by atoms with Crippen LogP contribution in [0.3, 0.4) is 0 Å². The molecule has 0 saturated carbocycles. The van der Waals surface area contributed by atoms with Crippen molar-refractivity contribution in [2.45, 2.75) is 26.2 Å². The van der Waals surface area contributed by atoms with E-state index in [-0.39, 0.29) is 0 Å². The Labute approximate surface area is 162 Å². The average Bonchev–Trinajstić information content (AvgIpc) is 3.21. The molecule has 0 atom stereocenters. The Morgan fingerprint density at radius 1 is 1.07 bits per heavy atom. The fourth-order valence-corrected chi connectivity index (χ4v) is 2.55. The van der Waals surface area contributed by atoms with E-state index >= 15 is 0 Å². The average molecular weight is 373 g/mol. The minimum Gasteiger partial charge on any atom is -0.497 e. The highest BCUT2D eigenvalue weighted by molar-refractivity contribution is 5.79. The summed E-state index contributed by atoms with van der Waals surface area (Å²) in [6.07, 6.45) is 4.36. The molecule has 1 aromatic carbocycles. The molecule has 0 fully saturated rings. The maximum Gasteiger partial charge on any atom is 0.191 e. The van der Waals surface area contributed by atoms with Gasteiger partial charge in [-0.1, -0.05) is 12.1 Å². The molecular weight excluding hydrogens is 342 g/mol. The lowest BCUT2D eigenvalue weighted by Crippen LogP contribution is -2.39. The Hall–Kier alpha value is -2.47. The number of nitrogens with one attached hydrogen (secondary N) is 2. The molecule has 27 heavy (non-hydrogen) atoms. The highest BCUT2D eigenvalue weighted by atomic mass is 16.5. The number of methoxy groups -OCH3 is 1. The van der Waals surface area contributed by atoms with E-state index in [0.717, 1.165) is 69.6 Å². The molecule has 0 saturated heterocycles. The summed E-state index contributed by atoms with van der Waals surface area (Å²) in [5.41, 5.74) is 1.26. The highest BCUT2D eigenvalue weighted by Crippen LogP contribution is 2.11. The normalized spacial score (nSPS) is 11.4. The molecule has 148 valence electrons. The number of nitrogens with zero attached hydrogens (tertiary/aromatic N) is 1. The van der Waals surface area contributed by atoms with Crippen LogP contribution in [0.15, 0.2) is 52.1 Å².